The fourth-order valence-corrected chi connectivity index (χ4v) is 5.91. The Morgan fingerprint density at radius 2 is 1.68 bits per heavy atom. The first-order valence-electron chi connectivity index (χ1n) is 13.5. The maximum Gasteiger partial charge on any atom is 0.250 e. The first-order chi connectivity index (χ1) is 19.0. The number of amides is 3. The largest absolute Gasteiger partial charge is 0.344 e. The van der Waals surface area contributed by atoms with Gasteiger partial charge < -0.3 is 10.2 Å². The standard InChI is InChI=1S/C31H36N4O4S/c1-20(2)27-30(39)35(25(17-34(27)21(3)36)23-14-10-7-11-15-23)18-26(37)33-24(16-22-12-8-6-9-13-22)28(38)29-32-19-31(4,5)40-29/h6-15,17,20,24,27H,16,18-19H2,1-5H3,(H,33,37)/t24-,27-/m0/s1. The molecule has 2 aliphatic rings. The summed E-state index contributed by atoms with van der Waals surface area (Å²) in [5.74, 6) is -1.48. The Hall–Kier alpha value is -3.72. The van der Waals surface area contributed by atoms with Gasteiger partial charge in [-0.2, -0.15) is 0 Å². The van der Waals surface area contributed by atoms with E-state index in [1.165, 1.54) is 28.5 Å². The molecule has 2 heterocycles. The molecule has 0 fully saturated rings. The maximum atomic E-state index is 13.8. The lowest BCUT2D eigenvalue weighted by molar-refractivity contribution is -0.144. The minimum absolute atomic E-state index is 0.177. The van der Waals surface area contributed by atoms with E-state index in [2.05, 4.69) is 10.3 Å². The lowest BCUT2D eigenvalue weighted by atomic mass is 9.97. The normalized spacial score (nSPS) is 19.2. The number of hydrogen-bond acceptors (Lipinski definition) is 6. The molecule has 2 aliphatic heterocycles. The molecule has 2 aromatic carbocycles. The summed E-state index contributed by atoms with van der Waals surface area (Å²) in [5.41, 5.74) is 2.06. The molecule has 4 rings (SSSR count). The van der Waals surface area contributed by atoms with Crippen molar-refractivity contribution >= 4 is 46.0 Å². The molecule has 0 unspecified atom stereocenters. The summed E-state index contributed by atoms with van der Waals surface area (Å²) in [6.07, 6.45) is 1.95. The average molecular weight is 561 g/mol. The van der Waals surface area contributed by atoms with E-state index >= 15 is 0 Å². The predicted molar refractivity (Wildman–Crippen MR) is 158 cm³/mol. The Labute approximate surface area is 239 Å². The zero-order valence-corrected chi connectivity index (χ0v) is 24.4. The van der Waals surface area contributed by atoms with Crippen LogP contribution in [-0.4, -0.2) is 68.3 Å². The van der Waals surface area contributed by atoms with Gasteiger partial charge in [-0.3, -0.25) is 29.1 Å². The van der Waals surface area contributed by atoms with Gasteiger partial charge in [-0.25, -0.2) is 0 Å². The second-order valence-corrected chi connectivity index (χ2v) is 12.8. The van der Waals surface area contributed by atoms with Gasteiger partial charge >= 0.3 is 0 Å². The van der Waals surface area contributed by atoms with Crippen molar-refractivity contribution in [3.8, 4) is 0 Å². The molecule has 0 saturated carbocycles. The van der Waals surface area contributed by atoms with Gasteiger partial charge in [0.15, 0.2) is 0 Å². The molecule has 0 spiro atoms. The van der Waals surface area contributed by atoms with Gasteiger partial charge in [-0.05, 0) is 30.9 Å². The molecule has 9 heteroatoms. The van der Waals surface area contributed by atoms with Crippen LogP contribution in [0.3, 0.4) is 0 Å². The van der Waals surface area contributed by atoms with Crippen LogP contribution in [0.5, 0.6) is 0 Å². The van der Waals surface area contributed by atoms with Crippen LogP contribution >= 0.6 is 11.8 Å². The summed E-state index contributed by atoms with van der Waals surface area (Å²) in [4.78, 5) is 60.8. The van der Waals surface area contributed by atoms with Gasteiger partial charge in [0, 0.05) is 24.3 Å². The SMILES string of the molecule is CC(=O)N1C=C(c2ccccc2)N(CC(=O)N[C@@H](Cc2ccccc2)C(=O)C2=NCC(C)(C)S2)C(=O)[C@@H]1C(C)C. The van der Waals surface area contributed by atoms with E-state index < -0.39 is 18.0 Å². The third-order valence-electron chi connectivity index (χ3n) is 6.86. The molecule has 0 radical (unpaired) electrons. The highest BCUT2D eigenvalue weighted by Crippen LogP contribution is 2.33. The topological polar surface area (TPSA) is 99.2 Å². The smallest absolute Gasteiger partial charge is 0.250 e. The highest BCUT2D eigenvalue weighted by Gasteiger charge is 2.41. The molecule has 3 amide bonds. The Balaban J connectivity index is 1.62. The van der Waals surface area contributed by atoms with Crippen LogP contribution in [0.4, 0.5) is 0 Å². The first-order valence-corrected chi connectivity index (χ1v) is 14.3. The number of nitrogens with one attached hydrogen (secondary N) is 1. The third-order valence-corrected chi connectivity index (χ3v) is 8.06. The molecule has 2 atom stereocenters. The zero-order valence-electron chi connectivity index (χ0n) is 23.6. The number of ketones is 1. The van der Waals surface area contributed by atoms with Crippen LogP contribution in [-0.2, 0) is 25.6 Å². The fourth-order valence-electron chi connectivity index (χ4n) is 4.88. The van der Waals surface area contributed by atoms with Crippen molar-refractivity contribution in [1.29, 1.82) is 0 Å². The van der Waals surface area contributed by atoms with Crippen LogP contribution in [0.2, 0.25) is 0 Å². The van der Waals surface area contributed by atoms with Gasteiger partial charge in [0.05, 0.1) is 18.3 Å². The minimum atomic E-state index is -0.839. The molecule has 0 aliphatic carbocycles. The Morgan fingerprint density at radius 3 is 2.23 bits per heavy atom. The van der Waals surface area contributed by atoms with E-state index in [0.717, 1.165) is 5.56 Å². The number of nitrogens with zero attached hydrogens (tertiary/aromatic N) is 3. The first kappa shape index (κ1) is 29.3. The zero-order chi connectivity index (χ0) is 29.0. The van der Waals surface area contributed by atoms with Crippen molar-refractivity contribution in [2.45, 2.75) is 57.9 Å². The number of carbonyl (C=O) groups excluding carboxylic acids is 4. The molecule has 1 N–H and O–H groups in total. The van der Waals surface area contributed by atoms with Crippen molar-refractivity contribution < 1.29 is 19.2 Å². The predicted octanol–water partition coefficient (Wildman–Crippen LogP) is 3.92. The van der Waals surface area contributed by atoms with Crippen LogP contribution < -0.4 is 5.32 Å². The lowest BCUT2D eigenvalue weighted by Crippen LogP contribution is -2.56. The quantitative estimate of drug-likeness (QED) is 0.501. The number of rotatable bonds is 9. The highest BCUT2D eigenvalue weighted by atomic mass is 32.2. The van der Waals surface area contributed by atoms with E-state index in [1.54, 1.807) is 6.20 Å². The maximum absolute atomic E-state index is 13.8. The Morgan fingerprint density at radius 1 is 1.05 bits per heavy atom. The summed E-state index contributed by atoms with van der Waals surface area (Å²) in [5, 5.41) is 3.31. The molecule has 0 aromatic heterocycles. The number of thioether (sulfide) groups is 1. The van der Waals surface area contributed by atoms with Crippen molar-refractivity contribution in [3.05, 3.63) is 78.0 Å². The molecular weight excluding hydrogens is 524 g/mol. The Kier molecular flexibility index (Phi) is 8.93. The van der Waals surface area contributed by atoms with E-state index in [-0.39, 0.29) is 34.8 Å². The van der Waals surface area contributed by atoms with E-state index in [9.17, 15) is 19.2 Å². The molecule has 210 valence electrons. The number of hydrogen-bond donors (Lipinski definition) is 1. The third kappa shape index (κ3) is 6.70. The number of Topliss-reactive ketones (excluding diaryl/α,β-unsaturated/α-hetero) is 1. The lowest BCUT2D eigenvalue weighted by Gasteiger charge is -2.40. The second-order valence-electron chi connectivity index (χ2n) is 11.1. The summed E-state index contributed by atoms with van der Waals surface area (Å²) in [6, 6.07) is 17.1. The van der Waals surface area contributed by atoms with Crippen LogP contribution in [0.25, 0.3) is 5.70 Å². The molecule has 2 aromatic rings. The van der Waals surface area contributed by atoms with Crippen molar-refractivity contribution in [1.82, 2.24) is 15.1 Å². The van der Waals surface area contributed by atoms with Gasteiger partial charge in [0.1, 0.15) is 17.6 Å². The van der Waals surface area contributed by atoms with Crippen LogP contribution in [0.15, 0.2) is 71.9 Å². The minimum Gasteiger partial charge on any atom is -0.344 e. The molecule has 40 heavy (non-hydrogen) atoms. The molecular formula is C31H36N4O4S. The summed E-state index contributed by atoms with van der Waals surface area (Å²) in [6.45, 7) is 9.46. The summed E-state index contributed by atoms with van der Waals surface area (Å²) in [7, 11) is 0. The number of carbonyl (C=O) groups is 4. The van der Waals surface area contributed by atoms with Crippen molar-refractivity contribution in [2.75, 3.05) is 13.1 Å². The summed E-state index contributed by atoms with van der Waals surface area (Å²) >= 11 is 1.42. The second kappa shape index (κ2) is 12.2. The molecule has 8 nitrogen and oxygen atoms in total. The van der Waals surface area contributed by atoms with Crippen LogP contribution in [0.1, 0.15) is 45.7 Å². The van der Waals surface area contributed by atoms with Gasteiger partial charge in [0.2, 0.25) is 17.6 Å². The van der Waals surface area contributed by atoms with E-state index in [4.69, 9.17) is 0 Å². The Bertz CT molecular complexity index is 1340. The highest BCUT2D eigenvalue weighted by molar-refractivity contribution is 8.17. The van der Waals surface area contributed by atoms with E-state index in [0.29, 0.717) is 29.3 Å². The van der Waals surface area contributed by atoms with Crippen molar-refractivity contribution in [3.63, 3.8) is 0 Å². The monoisotopic (exact) mass is 560 g/mol. The van der Waals surface area contributed by atoms with Gasteiger partial charge in [0.25, 0.3) is 5.91 Å². The molecule has 0 saturated heterocycles. The number of aliphatic imine (C=N–C) groups is 1. The number of benzene rings is 2. The van der Waals surface area contributed by atoms with Crippen LogP contribution in [0, 0.1) is 5.92 Å². The fraction of sp³-hybridized carbons (Fsp3) is 0.387. The molecule has 0 bridgehead atoms. The average Bonchev–Trinajstić information content (AvgIpc) is 3.29. The summed E-state index contributed by atoms with van der Waals surface area (Å²) < 4.78 is -0.184. The van der Waals surface area contributed by atoms with Gasteiger partial charge in [-0.1, -0.05) is 86.3 Å². The van der Waals surface area contributed by atoms with Gasteiger partial charge in [-0.15, -0.1) is 0 Å². The van der Waals surface area contributed by atoms with Crippen molar-refractivity contribution in [2.24, 2.45) is 10.9 Å². The van der Waals surface area contributed by atoms with E-state index in [1.807, 2.05) is 88.4 Å².